The number of nitrogens with zero attached hydrogens (tertiary/aromatic N) is 2. The van der Waals surface area contributed by atoms with Crippen LogP contribution in [0, 0.1) is 22.7 Å². The molecule has 0 spiro atoms. The van der Waals surface area contributed by atoms with Crippen LogP contribution in [-0.4, -0.2) is 0 Å². The Morgan fingerprint density at radius 1 is 1.25 bits per heavy atom. The van der Waals surface area contributed by atoms with Crippen molar-refractivity contribution in [3.63, 3.8) is 0 Å². The molecule has 2 nitrogen and oxygen atoms in total. The van der Waals surface area contributed by atoms with Crippen molar-refractivity contribution in [2.45, 2.75) is 0 Å². The molecule has 1 aromatic carbocycles. The number of allylic oxidation sites excluding steroid dienone is 1. The fraction of sp³-hybridized carbons (Fsp3) is 0. The summed E-state index contributed by atoms with van der Waals surface area (Å²) >= 11 is 0. The highest BCUT2D eigenvalue weighted by Crippen LogP contribution is 2.05. The monoisotopic (exact) mass is 154 g/mol. The molecular formula is C10H6N2. The van der Waals surface area contributed by atoms with E-state index in [4.69, 9.17) is 10.5 Å². The van der Waals surface area contributed by atoms with E-state index in [0.717, 1.165) is 5.56 Å². The summed E-state index contributed by atoms with van der Waals surface area (Å²) in [5, 5.41) is 16.8. The van der Waals surface area contributed by atoms with E-state index < -0.39 is 0 Å². The first-order valence-electron chi connectivity index (χ1n) is 3.43. The molecule has 0 saturated carbocycles. The lowest BCUT2D eigenvalue weighted by atomic mass is 10.1. The minimum absolute atomic E-state index is 0.607. The molecular weight excluding hydrogens is 148 g/mol. The second-order valence-electron chi connectivity index (χ2n) is 2.20. The normalized spacial score (nSPS) is 9.17. The minimum atomic E-state index is 0.607. The number of rotatable bonds is 1. The quantitative estimate of drug-likeness (QED) is 0.581. The van der Waals surface area contributed by atoms with Gasteiger partial charge in [-0.3, -0.25) is 0 Å². The lowest BCUT2D eigenvalue weighted by molar-refractivity contribution is 1.48. The highest BCUT2D eigenvalue weighted by molar-refractivity contribution is 5.54. The van der Waals surface area contributed by atoms with Gasteiger partial charge < -0.3 is 0 Å². The summed E-state index contributed by atoms with van der Waals surface area (Å²) in [6.07, 6.45) is 3.05. The van der Waals surface area contributed by atoms with Crippen molar-refractivity contribution < 1.29 is 0 Å². The van der Waals surface area contributed by atoms with Gasteiger partial charge in [-0.2, -0.15) is 10.5 Å². The van der Waals surface area contributed by atoms with Gasteiger partial charge in [-0.15, -0.1) is 0 Å². The van der Waals surface area contributed by atoms with Gasteiger partial charge in [0, 0.05) is 6.08 Å². The summed E-state index contributed by atoms with van der Waals surface area (Å²) in [4.78, 5) is 0. The molecule has 0 aliphatic carbocycles. The van der Waals surface area contributed by atoms with Gasteiger partial charge in [0.25, 0.3) is 0 Å². The Bertz CT molecular complexity index is 378. The number of hydrogen-bond acceptors (Lipinski definition) is 2. The average molecular weight is 154 g/mol. The molecule has 56 valence electrons. The van der Waals surface area contributed by atoms with Gasteiger partial charge in [-0.1, -0.05) is 12.1 Å². The fourth-order valence-electron chi connectivity index (χ4n) is 0.845. The first-order chi connectivity index (χ1) is 5.86. The third kappa shape index (κ3) is 1.97. The lowest BCUT2D eigenvalue weighted by Crippen LogP contribution is -1.75. The van der Waals surface area contributed by atoms with E-state index >= 15 is 0 Å². The van der Waals surface area contributed by atoms with Crippen LogP contribution in [0.3, 0.4) is 0 Å². The minimum Gasteiger partial charge on any atom is -0.193 e. The Balaban J connectivity index is 2.98. The van der Waals surface area contributed by atoms with Gasteiger partial charge in [0.05, 0.1) is 17.7 Å². The predicted octanol–water partition coefficient (Wildman–Crippen LogP) is 2.10. The van der Waals surface area contributed by atoms with Gasteiger partial charge in [-0.25, -0.2) is 0 Å². The zero-order chi connectivity index (χ0) is 8.81. The summed E-state index contributed by atoms with van der Waals surface area (Å²) in [6.45, 7) is 0. The SMILES string of the molecule is N#C/C=C\c1cccc(C#N)c1. The van der Waals surface area contributed by atoms with E-state index in [9.17, 15) is 0 Å². The van der Waals surface area contributed by atoms with Crippen LogP contribution >= 0.6 is 0 Å². The van der Waals surface area contributed by atoms with E-state index in [-0.39, 0.29) is 0 Å². The molecule has 0 unspecified atom stereocenters. The van der Waals surface area contributed by atoms with Crippen molar-refractivity contribution >= 4 is 6.08 Å². The molecule has 0 N–H and O–H groups in total. The van der Waals surface area contributed by atoms with Gasteiger partial charge >= 0.3 is 0 Å². The van der Waals surface area contributed by atoms with Crippen molar-refractivity contribution in [1.29, 1.82) is 10.5 Å². The van der Waals surface area contributed by atoms with Gasteiger partial charge in [0.2, 0.25) is 0 Å². The molecule has 0 radical (unpaired) electrons. The smallest absolute Gasteiger partial charge is 0.0991 e. The standard InChI is InChI=1S/C10H6N2/c11-6-2-5-9-3-1-4-10(7-9)8-12/h1-5,7H/b5-2-. The van der Waals surface area contributed by atoms with Crippen LogP contribution in [0.2, 0.25) is 0 Å². The summed E-state index contributed by atoms with van der Waals surface area (Å²) < 4.78 is 0. The van der Waals surface area contributed by atoms with E-state index in [2.05, 4.69) is 0 Å². The van der Waals surface area contributed by atoms with Crippen molar-refractivity contribution in [2.24, 2.45) is 0 Å². The first kappa shape index (κ1) is 8.04. The third-order valence-corrected chi connectivity index (χ3v) is 1.37. The van der Waals surface area contributed by atoms with Gasteiger partial charge in [0.15, 0.2) is 0 Å². The molecule has 0 aliphatic rings. The maximum absolute atomic E-state index is 8.55. The molecule has 0 fully saturated rings. The van der Waals surface area contributed by atoms with E-state index in [1.807, 2.05) is 18.2 Å². The highest BCUT2D eigenvalue weighted by atomic mass is 14.2. The molecule has 12 heavy (non-hydrogen) atoms. The zero-order valence-electron chi connectivity index (χ0n) is 6.36. The Labute approximate surface area is 71.0 Å². The van der Waals surface area contributed by atoms with E-state index in [1.165, 1.54) is 6.08 Å². The second kappa shape index (κ2) is 3.95. The van der Waals surface area contributed by atoms with Crippen LogP contribution in [0.25, 0.3) is 6.08 Å². The Hall–Kier alpha value is -2.06. The van der Waals surface area contributed by atoms with Crippen molar-refractivity contribution in [3.05, 3.63) is 41.5 Å². The molecule has 0 saturated heterocycles. The number of hydrogen-bond donors (Lipinski definition) is 0. The summed E-state index contributed by atoms with van der Waals surface area (Å²) in [5.41, 5.74) is 1.48. The third-order valence-electron chi connectivity index (χ3n) is 1.37. The van der Waals surface area contributed by atoms with E-state index in [1.54, 1.807) is 24.3 Å². The zero-order valence-corrected chi connectivity index (χ0v) is 6.36. The topological polar surface area (TPSA) is 47.6 Å². The maximum atomic E-state index is 8.55. The Morgan fingerprint density at radius 2 is 2.08 bits per heavy atom. The Morgan fingerprint density at radius 3 is 2.75 bits per heavy atom. The average Bonchev–Trinajstić information content (AvgIpc) is 2.15. The molecule has 0 heterocycles. The largest absolute Gasteiger partial charge is 0.193 e. The van der Waals surface area contributed by atoms with Gasteiger partial charge in [0.1, 0.15) is 0 Å². The van der Waals surface area contributed by atoms with Crippen LogP contribution in [-0.2, 0) is 0 Å². The lowest BCUT2D eigenvalue weighted by Gasteiger charge is -1.91. The van der Waals surface area contributed by atoms with Crippen molar-refractivity contribution in [2.75, 3.05) is 0 Å². The first-order valence-corrected chi connectivity index (χ1v) is 3.43. The molecule has 0 aliphatic heterocycles. The molecule has 1 aromatic rings. The predicted molar refractivity (Wildman–Crippen MR) is 45.8 cm³/mol. The molecule has 2 heteroatoms. The Kier molecular flexibility index (Phi) is 2.65. The van der Waals surface area contributed by atoms with Gasteiger partial charge in [-0.05, 0) is 23.8 Å². The molecule has 0 bridgehead atoms. The van der Waals surface area contributed by atoms with Crippen LogP contribution in [0.15, 0.2) is 30.3 Å². The summed E-state index contributed by atoms with van der Waals surface area (Å²) in [5.74, 6) is 0. The number of nitriles is 2. The van der Waals surface area contributed by atoms with Crippen molar-refractivity contribution in [3.8, 4) is 12.1 Å². The second-order valence-corrected chi connectivity index (χ2v) is 2.20. The van der Waals surface area contributed by atoms with Crippen LogP contribution in [0.5, 0.6) is 0 Å². The number of benzene rings is 1. The highest BCUT2D eigenvalue weighted by Gasteiger charge is 1.89. The van der Waals surface area contributed by atoms with E-state index in [0.29, 0.717) is 5.56 Å². The molecule has 1 rings (SSSR count). The van der Waals surface area contributed by atoms with Crippen LogP contribution in [0.1, 0.15) is 11.1 Å². The summed E-state index contributed by atoms with van der Waals surface area (Å²) in [7, 11) is 0. The summed E-state index contributed by atoms with van der Waals surface area (Å²) in [6, 6.07) is 11.0. The maximum Gasteiger partial charge on any atom is 0.0991 e. The molecule has 0 atom stereocenters. The van der Waals surface area contributed by atoms with Crippen molar-refractivity contribution in [1.82, 2.24) is 0 Å². The molecule has 0 amide bonds. The molecule has 0 aromatic heterocycles. The fourth-order valence-corrected chi connectivity index (χ4v) is 0.845. The van der Waals surface area contributed by atoms with Crippen LogP contribution < -0.4 is 0 Å². The van der Waals surface area contributed by atoms with Crippen LogP contribution in [0.4, 0.5) is 0 Å².